The molecule has 1 heterocycles. The number of rotatable bonds is 4. The number of benzene rings is 1. The van der Waals surface area contributed by atoms with E-state index in [1.165, 1.54) is 25.5 Å². The van der Waals surface area contributed by atoms with Gasteiger partial charge in [-0.15, -0.1) is 0 Å². The normalized spacial score (nSPS) is 10.5. The van der Waals surface area contributed by atoms with Crippen molar-refractivity contribution in [2.24, 2.45) is 5.10 Å². The van der Waals surface area contributed by atoms with E-state index in [1.807, 2.05) is 0 Å². The smallest absolute Gasteiger partial charge is 0.427 e. The lowest BCUT2D eigenvalue weighted by molar-refractivity contribution is 0.0697. The van der Waals surface area contributed by atoms with Crippen molar-refractivity contribution in [3.05, 3.63) is 47.7 Å². The van der Waals surface area contributed by atoms with Crippen LogP contribution in [0.15, 0.2) is 45.9 Å². The van der Waals surface area contributed by atoms with Gasteiger partial charge in [0.1, 0.15) is 11.5 Å². The number of carboxylic acids is 1. The first-order chi connectivity index (χ1) is 10.1. The number of hydrazone groups is 1. The number of ether oxygens (including phenoxy) is 1. The van der Waals surface area contributed by atoms with Gasteiger partial charge in [-0.2, -0.15) is 5.10 Å². The topological polar surface area (TPSA) is 101 Å². The fourth-order valence-corrected chi connectivity index (χ4v) is 1.55. The Morgan fingerprint density at radius 2 is 1.95 bits per heavy atom. The van der Waals surface area contributed by atoms with Crippen molar-refractivity contribution >= 4 is 18.3 Å². The lowest BCUT2D eigenvalue weighted by Crippen LogP contribution is -2.16. The molecule has 1 aromatic heterocycles. The van der Waals surface area contributed by atoms with Gasteiger partial charge in [0, 0.05) is 5.56 Å². The van der Waals surface area contributed by atoms with Crippen molar-refractivity contribution in [1.29, 1.82) is 0 Å². The minimum atomic E-state index is -0.984. The maximum atomic E-state index is 10.8. The molecular weight excluding hydrogens is 276 g/mol. The summed E-state index contributed by atoms with van der Waals surface area (Å²) in [7, 11) is 1.23. The molecule has 0 bridgehead atoms. The highest BCUT2D eigenvalue weighted by Gasteiger charge is 2.06. The number of nitrogens with one attached hydrogen (secondary N) is 1. The Morgan fingerprint density at radius 1 is 1.24 bits per heavy atom. The molecule has 1 amide bonds. The van der Waals surface area contributed by atoms with Crippen LogP contribution in [0.4, 0.5) is 4.79 Å². The van der Waals surface area contributed by atoms with Crippen LogP contribution in [0.5, 0.6) is 0 Å². The summed E-state index contributed by atoms with van der Waals surface area (Å²) in [4.78, 5) is 21.6. The Labute approximate surface area is 119 Å². The minimum absolute atomic E-state index is 0.203. The Hall–Kier alpha value is -3.09. The number of carbonyl (C=O) groups is 2. The highest BCUT2D eigenvalue weighted by atomic mass is 16.5. The summed E-state index contributed by atoms with van der Waals surface area (Å²) in [6, 6.07) is 9.67. The van der Waals surface area contributed by atoms with Crippen LogP contribution in [0.2, 0.25) is 0 Å². The van der Waals surface area contributed by atoms with Crippen LogP contribution in [0.3, 0.4) is 0 Å². The predicted molar refractivity (Wildman–Crippen MR) is 74.2 cm³/mol. The number of hydrogen-bond acceptors (Lipinski definition) is 5. The molecule has 7 nitrogen and oxygen atoms in total. The standard InChI is InChI=1S/C14H12N2O5/c1-20-14(19)16-15-8-11-6-7-12(21-11)9-2-4-10(5-3-9)13(17)18/h2-8H,1H3,(H,16,19)(H,17,18)/b15-8+. The molecule has 0 fully saturated rings. The van der Waals surface area contributed by atoms with E-state index in [0.29, 0.717) is 11.5 Å². The average molecular weight is 288 g/mol. The quantitative estimate of drug-likeness (QED) is 0.664. The number of furan rings is 1. The third-order valence-corrected chi connectivity index (χ3v) is 2.58. The van der Waals surface area contributed by atoms with Crippen molar-refractivity contribution in [2.45, 2.75) is 0 Å². The third-order valence-electron chi connectivity index (χ3n) is 2.58. The summed E-state index contributed by atoms with van der Waals surface area (Å²) in [5.74, 6) is 0.0119. The zero-order chi connectivity index (χ0) is 15.2. The van der Waals surface area contributed by atoms with Gasteiger partial charge in [0.2, 0.25) is 0 Å². The van der Waals surface area contributed by atoms with E-state index >= 15 is 0 Å². The molecular formula is C14H12N2O5. The first-order valence-electron chi connectivity index (χ1n) is 5.91. The number of methoxy groups -OCH3 is 1. The molecule has 0 radical (unpaired) electrons. The van der Waals surface area contributed by atoms with E-state index < -0.39 is 12.1 Å². The second kappa shape index (κ2) is 6.38. The lowest BCUT2D eigenvalue weighted by Gasteiger charge is -1.98. The Kier molecular flexibility index (Phi) is 4.35. The summed E-state index contributed by atoms with van der Waals surface area (Å²) in [5, 5.41) is 12.5. The van der Waals surface area contributed by atoms with Crippen LogP contribution in [0.1, 0.15) is 16.1 Å². The van der Waals surface area contributed by atoms with E-state index in [9.17, 15) is 9.59 Å². The Morgan fingerprint density at radius 3 is 2.57 bits per heavy atom. The number of carboxylic acid groups (broad SMARTS) is 1. The number of aromatic carboxylic acids is 1. The molecule has 0 aliphatic rings. The molecule has 0 atom stereocenters. The number of hydrogen-bond donors (Lipinski definition) is 2. The molecule has 2 N–H and O–H groups in total. The first kappa shape index (κ1) is 14.3. The molecule has 0 unspecified atom stereocenters. The monoisotopic (exact) mass is 288 g/mol. The van der Waals surface area contributed by atoms with Gasteiger partial charge in [-0.3, -0.25) is 0 Å². The van der Waals surface area contributed by atoms with Crippen LogP contribution in [0.25, 0.3) is 11.3 Å². The summed E-state index contributed by atoms with van der Waals surface area (Å²) >= 11 is 0. The van der Waals surface area contributed by atoms with E-state index in [2.05, 4.69) is 15.3 Å². The third kappa shape index (κ3) is 3.69. The summed E-state index contributed by atoms with van der Waals surface area (Å²) in [5.41, 5.74) is 3.07. The van der Waals surface area contributed by atoms with Crippen LogP contribution in [-0.2, 0) is 4.74 Å². The molecule has 0 aliphatic heterocycles. The molecule has 2 aromatic rings. The van der Waals surface area contributed by atoms with Gasteiger partial charge in [-0.1, -0.05) is 12.1 Å². The van der Waals surface area contributed by atoms with Gasteiger partial charge in [-0.25, -0.2) is 15.0 Å². The van der Waals surface area contributed by atoms with Crippen molar-refractivity contribution in [3.8, 4) is 11.3 Å². The number of carbonyl (C=O) groups excluding carboxylic acids is 1. The van der Waals surface area contributed by atoms with Crippen molar-refractivity contribution in [1.82, 2.24) is 5.43 Å². The Bertz CT molecular complexity index is 673. The second-order valence-corrected chi connectivity index (χ2v) is 3.95. The molecule has 0 aliphatic carbocycles. The van der Waals surface area contributed by atoms with Gasteiger partial charge in [0.15, 0.2) is 0 Å². The largest absolute Gasteiger partial charge is 0.478 e. The van der Waals surface area contributed by atoms with Crippen LogP contribution >= 0.6 is 0 Å². The number of nitrogens with zero attached hydrogens (tertiary/aromatic N) is 1. The molecule has 108 valence electrons. The number of amides is 1. The molecule has 0 saturated carbocycles. The van der Waals surface area contributed by atoms with E-state index in [1.54, 1.807) is 24.3 Å². The minimum Gasteiger partial charge on any atom is -0.478 e. The zero-order valence-electron chi connectivity index (χ0n) is 11.1. The fraction of sp³-hybridized carbons (Fsp3) is 0.0714. The second-order valence-electron chi connectivity index (χ2n) is 3.95. The molecule has 21 heavy (non-hydrogen) atoms. The van der Waals surface area contributed by atoms with Gasteiger partial charge >= 0.3 is 12.1 Å². The summed E-state index contributed by atoms with van der Waals surface area (Å²) < 4.78 is 9.85. The van der Waals surface area contributed by atoms with E-state index in [0.717, 1.165) is 5.56 Å². The van der Waals surface area contributed by atoms with Gasteiger partial charge in [0.25, 0.3) is 0 Å². The lowest BCUT2D eigenvalue weighted by atomic mass is 10.1. The summed E-state index contributed by atoms with van der Waals surface area (Å²) in [6.45, 7) is 0. The predicted octanol–water partition coefficient (Wildman–Crippen LogP) is 2.33. The van der Waals surface area contributed by atoms with Crippen molar-refractivity contribution in [3.63, 3.8) is 0 Å². The van der Waals surface area contributed by atoms with Gasteiger partial charge in [0.05, 0.1) is 18.9 Å². The van der Waals surface area contributed by atoms with Crippen LogP contribution in [0, 0.1) is 0 Å². The fourth-order valence-electron chi connectivity index (χ4n) is 1.55. The summed E-state index contributed by atoms with van der Waals surface area (Å²) in [6.07, 6.45) is 0.647. The highest BCUT2D eigenvalue weighted by molar-refractivity contribution is 5.88. The molecule has 0 saturated heterocycles. The van der Waals surface area contributed by atoms with Crippen molar-refractivity contribution < 1.29 is 23.8 Å². The first-order valence-corrected chi connectivity index (χ1v) is 5.91. The van der Waals surface area contributed by atoms with Crippen LogP contribution in [-0.4, -0.2) is 30.5 Å². The zero-order valence-corrected chi connectivity index (χ0v) is 11.1. The van der Waals surface area contributed by atoms with Crippen molar-refractivity contribution in [2.75, 3.05) is 7.11 Å². The molecule has 1 aromatic carbocycles. The van der Waals surface area contributed by atoms with E-state index in [-0.39, 0.29) is 5.56 Å². The SMILES string of the molecule is COC(=O)N/N=C/c1ccc(-c2ccc(C(=O)O)cc2)o1. The maximum Gasteiger partial charge on any atom is 0.427 e. The Balaban J connectivity index is 2.09. The maximum absolute atomic E-state index is 10.8. The van der Waals surface area contributed by atoms with Gasteiger partial charge < -0.3 is 14.3 Å². The molecule has 2 rings (SSSR count). The molecule has 0 spiro atoms. The highest BCUT2D eigenvalue weighted by Crippen LogP contribution is 2.22. The average Bonchev–Trinajstić information content (AvgIpc) is 2.96. The van der Waals surface area contributed by atoms with E-state index in [4.69, 9.17) is 9.52 Å². The van der Waals surface area contributed by atoms with Gasteiger partial charge in [-0.05, 0) is 24.3 Å². The van der Waals surface area contributed by atoms with Crippen LogP contribution < -0.4 is 5.43 Å². The molecule has 7 heteroatoms.